The quantitative estimate of drug-likeness (QED) is 0.604. The van der Waals surface area contributed by atoms with Crippen LogP contribution >= 0.6 is 0 Å². The number of rotatable bonds is 5. The van der Waals surface area contributed by atoms with Gasteiger partial charge in [-0.1, -0.05) is 12.1 Å². The highest BCUT2D eigenvalue weighted by atomic mass is 16.5. The molecule has 0 atom stereocenters. The molecule has 35 heavy (non-hydrogen) atoms. The topological polar surface area (TPSA) is 79.2 Å². The zero-order valence-corrected chi connectivity index (χ0v) is 20.3. The van der Waals surface area contributed by atoms with E-state index in [0.717, 1.165) is 55.6 Å². The summed E-state index contributed by atoms with van der Waals surface area (Å²) in [7, 11) is 1.64. The van der Waals surface area contributed by atoms with E-state index in [4.69, 9.17) is 4.74 Å². The second-order valence-electron chi connectivity index (χ2n) is 9.47. The Bertz CT molecular complexity index is 1190. The van der Waals surface area contributed by atoms with E-state index in [1.54, 1.807) is 17.8 Å². The molecule has 2 aromatic heterocycles. The lowest BCUT2D eigenvalue weighted by Crippen LogP contribution is -2.43. The molecule has 0 aliphatic carbocycles. The Labute approximate surface area is 205 Å². The Morgan fingerprint density at radius 1 is 1.03 bits per heavy atom. The SMILES string of the molecule is COc1cccc(CNC(=O)N2CCC(c3ccn4ncc(C(=O)N5CCCCC5)c4c3)CC2)c1. The zero-order valence-electron chi connectivity index (χ0n) is 20.3. The zero-order chi connectivity index (χ0) is 24.2. The van der Waals surface area contributed by atoms with Crippen LogP contribution in [0.4, 0.5) is 4.79 Å². The van der Waals surface area contributed by atoms with Crippen LogP contribution in [0.2, 0.25) is 0 Å². The van der Waals surface area contributed by atoms with Crippen molar-refractivity contribution in [2.75, 3.05) is 33.3 Å². The minimum atomic E-state index is -0.0353. The van der Waals surface area contributed by atoms with E-state index in [1.807, 2.05) is 40.3 Å². The number of fused-ring (bicyclic) bond motifs is 1. The number of nitrogens with zero attached hydrogens (tertiary/aromatic N) is 4. The molecule has 184 valence electrons. The lowest BCUT2D eigenvalue weighted by molar-refractivity contribution is 0.0726. The number of carbonyl (C=O) groups is 2. The van der Waals surface area contributed by atoms with E-state index in [2.05, 4.69) is 22.5 Å². The average molecular weight is 476 g/mol. The molecule has 0 saturated carbocycles. The Morgan fingerprint density at radius 3 is 2.60 bits per heavy atom. The third kappa shape index (κ3) is 5.11. The van der Waals surface area contributed by atoms with Crippen molar-refractivity contribution in [3.63, 3.8) is 0 Å². The van der Waals surface area contributed by atoms with Crippen LogP contribution in [0.1, 0.15) is 59.5 Å². The molecule has 2 fully saturated rings. The van der Waals surface area contributed by atoms with Gasteiger partial charge in [-0.3, -0.25) is 4.79 Å². The minimum absolute atomic E-state index is 0.0353. The van der Waals surface area contributed by atoms with Gasteiger partial charge in [-0.05, 0) is 73.4 Å². The molecule has 2 aliphatic rings. The van der Waals surface area contributed by atoms with Crippen molar-refractivity contribution in [1.82, 2.24) is 24.7 Å². The highest BCUT2D eigenvalue weighted by Gasteiger charge is 2.26. The molecule has 2 saturated heterocycles. The van der Waals surface area contributed by atoms with Gasteiger partial charge in [-0.2, -0.15) is 5.10 Å². The number of hydrogen-bond acceptors (Lipinski definition) is 4. The van der Waals surface area contributed by atoms with Crippen molar-refractivity contribution >= 4 is 17.5 Å². The summed E-state index contributed by atoms with van der Waals surface area (Å²) in [5.41, 5.74) is 3.78. The summed E-state index contributed by atoms with van der Waals surface area (Å²) in [4.78, 5) is 29.6. The second kappa shape index (κ2) is 10.4. The molecule has 0 spiro atoms. The van der Waals surface area contributed by atoms with Gasteiger partial charge < -0.3 is 19.9 Å². The first kappa shape index (κ1) is 23.2. The second-order valence-corrected chi connectivity index (χ2v) is 9.47. The molecule has 0 bridgehead atoms. The normalized spacial score (nSPS) is 16.9. The van der Waals surface area contributed by atoms with Crippen LogP contribution in [0.5, 0.6) is 5.75 Å². The number of ether oxygens (including phenoxy) is 1. The van der Waals surface area contributed by atoms with Gasteiger partial charge in [0.1, 0.15) is 5.75 Å². The Hall–Kier alpha value is -3.55. The Balaban J connectivity index is 1.20. The lowest BCUT2D eigenvalue weighted by atomic mass is 9.89. The van der Waals surface area contributed by atoms with Gasteiger partial charge in [-0.25, -0.2) is 9.31 Å². The molecule has 5 rings (SSSR count). The minimum Gasteiger partial charge on any atom is -0.497 e. The third-order valence-corrected chi connectivity index (χ3v) is 7.25. The van der Waals surface area contributed by atoms with Crippen molar-refractivity contribution in [3.05, 3.63) is 65.5 Å². The number of nitrogens with one attached hydrogen (secondary N) is 1. The first-order valence-corrected chi connectivity index (χ1v) is 12.5. The number of amides is 3. The van der Waals surface area contributed by atoms with Gasteiger partial charge in [0.2, 0.25) is 0 Å². The van der Waals surface area contributed by atoms with Gasteiger partial charge >= 0.3 is 6.03 Å². The van der Waals surface area contributed by atoms with Gasteiger partial charge in [0, 0.05) is 38.9 Å². The van der Waals surface area contributed by atoms with Crippen molar-refractivity contribution in [3.8, 4) is 5.75 Å². The molecule has 0 unspecified atom stereocenters. The maximum Gasteiger partial charge on any atom is 0.317 e. The molecule has 1 aromatic carbocycles. The highest BCUT2D eigenvalue weighted by Crippen LogP contribution is 2.30. The summed E-state index contributed by atoms with van der Waals surface area (Å²) >= 11 is 0. The number of benzene rings is 1. The van der Waals surface area contributed by atoms with Crippen LogP contribution in [0.3, 0.4) is 0 Å². The number of methoxy groups -OCH3 is 1. The summed E-state index contributed by atoms with van der Waals surface area (Å²) in [5.74, 6) is 1.23. The van der Waals surface area contributed by atoms with Gasteiger partial charge in [0.05, 0.1) is 24.4 Å². The fourth-order valence-electron chi connectivity index (χ4n) is 5.17. The summed E-state index contributed by atoms with van der Waals surface area (Å²) < 4.78 is 7.05. The lowest BCUT2D eigenvalue weighted by Gasteiger charge is -2.32. The summed E-state index contributed by atoms with van der Waals surface area (Å²) in [5, 5.41) is 7.44. The predicted molar refractivity (Wildman–Crippen MR) is 134 cm³/mol. The summed E-state index contributed by atoms with van der Waals surface area (Å²) in [6.45, 7) is 3.54. The van der Waals surface area contributed by atoms with Gasteiger partial charge in [0.15, 0.2) is 0 Å². The van der Waals surface area contributed by atoms with E-state index in [9.17, 15) is 9.59 Å². The number of pyridine rings is 1. The summed E-state index contributed by atoms with van der Waals surface area (Å²) in [6.07, 6.45) is 8.78. The number of likely N-dealkylation sites (tertiary alicyclic amines) is 2. The van der Waals surface area contributed by atoms with Crippen LogP contribution in [-0.2, 0) is 6.54 Å². The third-order valence-electron chi connectivity index (χ3n) is 7.25. The van der Waals surface area contributed by atoms with E-state index >= 15 is 0 Å². The average Bonchev–Trinajstić information content (AvgIpc) is 3.35. The molecule has 3 aromatic rings. The van der Waals surface area contributed by atoms with Crippen LogP contribution < -0.4 is 10.1 Å². The molecule has 1 N–H and O–H groups in total. The molecule has 4 heterocycles. The summed E-state index contributed by atoms with van der Waals surface area (Å²) in [6, 6.07) is 11.9. The number of carbonyl (C=O) groups excluding carboxylic acids is 2. The van der Waals surface area contributed by atoms with Crippen LogP contribution in [-0.4, -0.2) is 64.6 Å². The van der Waals surface area contributed by atoms with E-state index in [0.29, 0.717) is 31.1 Å². The van der Waals surface area contributed by atoms with E-state index in [-0.39, 0.29) is 11.9 Å². The van der Waals surface area contributed by atoms with E-state index < -0.39 is 0 Å². The van der Waals surface area contributed by atoms with Crippen molar-refractivity contribution in [2.45, 2.75) is 44.6 Å². The first-order valence-electron chi connectivity index (χ1n) is 12.5. The smallest absolute Gasteiger partial charge is 0.317 e. The van der Waals surface area contributed by atoms with Gasteiger partial charge in [-0.15, -0.1) is 0 Å². The van der Waals surface area contributed by atoms with Crippen LogP contribution in [0.25, 0.3) is 5.52 Å². The van der Waals surface area contributed by atoms with Crippen LogP contribution in [0.15, 0.2) is 48.8 Å². The Morgan fingerprint density at radius 2 is 1.83 bits per heavy atom. The van der Waals surface area contributed by atoms with Gasteiger partial charge in [0.25, 0.3) is 5.91 Å². The maximum absolute atomic E-state index is 13.1. The van der Waals surface area contributed by atoms with Crippen molar-refractivity contribution < 1.29 is 14.3 Å². The molecular weight excluding hydrogens is 442 g/mol. The number of hydrogen-bond donors (Lipinski definition) is 1. The number of piperidine rings is 2. The monoisotopic (exact) mass is 475 g/mol. The van der Waals surface area contributed by atoms with Crippen molar-refractivity contribution in [2.24, 2.45) is 0 Å². The molecule has 2 aliphatic heterocycles. The van der Waals surface area contributed by atoms with Crippen molar-refractivity contribution in [1.29, 1.82) is 0 Å². The fraction of sp³-hybridized carbons (Fsp3) is 0.444. The predicted octanol–water partition coefficient (Wildman–Crippen LogP) is 4.06. The number of aromatic nitrogens is 2. The number of urea groups is 1. The largest absolute Gasteiger partial charge is 0.497 e. The molecule has 8 nitrogen and oxygen atoms in total. The standard InChI is InChI=1S/C27H33N5O3/c1-35-23-7-5-6-20(16-23)18-28-27(34)31-13-8-21(9-14-31)22-10-15-32-25(17-22)24(19-29-32)26(33)30-11-3-2-4-12-30/h5-7,10,15-17,19,21H,2-4,8-9,11-14,18H2,1H3,(H,28,34). The molecule has 8 heteroatoms. The van der Waals surface area contributed by atoms with Crippen LogP contribution in [0, 0.1) is 0 Å². The molecular formula is C27H33N5O3. The Kier molecular flexibility index (Phi) is 6.88. The first-order chi connectivity index (χ1) is 17.1. The molecule has 0 radical (unpaired) electrons. The highest BCUT2D eigenvalue weighted by molar-refractivity contribution is 6.00. The molecule has 3 amide bonds. The maximum atomic E-state index is 13.1. The fourth-order valence-corrected chi connectivity index (χ4v) is 5.17. The van der Waals surface area contributed by atoms with E-state index in [1.165, 1.54) is 12.0 Å².